The molecule has 0 amide bonds. The standard InChI is InChI=1S/C13H13F3N2O3/c1-8-17-10-3-2-9(12(19)20)6-11(10)18(8)4-5-21-7-13(14,15)16/h2-3,6H,4-5,7H2,1H3,(H,19,20). The van der Waals surface area contributed by atoms with Gasteiger partial charge in [0.2, 0.25) is 0 Å². The first-order valence-corrected chi connectivity index (χ1v) is 6.12. The number of imidazole rings is 1. The largest absolute Gasteiger partial charge is 0.478 e. The van der Waals surface area contributed by atoms with E-state index in [0.717, 1.165) is 0 Å². The number of aryl methyl sites for hydroxylation is 1. The van der Waals surface area contributed by atoms with Crippen molar-refractivity contribution in [1.29, 1.82) is 0 Å². The summed E-state index contributed by atoms with van der Waals surface area (Å²) in [5.41, 5.74) is 1.25. The third kappa shape index (κ3) is 3.72. The summed E-state index contributed by atoms with van der Waals surface area (Å²) < 4.78 is 42.2. The van der Waals surface area contributed by atoms with Crippen LogP contribution in [0.15, 0.2) is 18.2 Å². The topological polar surface area (TPSA) is 64.3 Å². The second-order valence-electron chi connectivity index (χ2n) is 4.49. The lowest BCUT2D eigenvalue weighted by Gasteiger charge is -2.10. The Balaban J connectivity index is 2.16. The quantitative estimate of drug-likeness (QED) is 0.862. The zero-order valence-corrected chi connectivity index (χ0v) is 11.1. The smallest absolute Gasteiger partial charge is 0.411 e. The predicted octanol–water partition coefficient (Wildman–Crippen LogP) is 2.62. The fourth-order valence-corrected chi connectivity index (χ4v) is 2.00. The summed E-state index contributed by atoms with van der Waals surface area (Å²) >= 11 is 0. The van der Waals surface area contributed by atoms with Crippen LogP contribution in [0.1, 0.15) is 16.2 Å². The maximum atomic E-state index is 12.0. The first-order chi connectivity index (χ1) is 9.78. The fourth-order valence-electron chi connectivity index (χ4n) is 2.00. The normalized spacial score (nSPS) is 12.0. The van der Waals surface area contributed by atoms with E-state index in [4.69, 9.17) is 5.11 Å². The number of carboxylic acids is 1. The third-order valence-corrected chi connectivity index (χ3v) is 2.91. The van der Waals surface area contributed by atoms with Crippen molar-refractivity contribution >= 4 is 17.0 Å². The van der Waals surface area contributed by atoms with E-state index in [9.17, 15) is 18.0 Å². The first-order valence-electron chi connectivity index (χ1n) is 6.12. The molecule has 0 atom stereocenters. The Labute approximate surface area is 118 Å². The Hall–Kier alpha value is -2.09. The summed E-state index contributed by atoms with van der Waals surface area (Å²) in [5.74, 6) is -0.487. The molecule has 5 nitrogen and oxygen atoms in total. The van der Waals surface area contributed by atoms with E-state index in [-0.39, 0.29) is 18.7 Å². The number of alkyl halides is 3. The fraction of sp³-hybridized carbons (Fsp3) is 0.385. The van der Waals surface area contributed by atoms with Gasteiger partial charge in [-0.25, -0.2) is 9.78 Å². The van der Waals surface area contributed by atoms with Gasteiger partial charge in [0.25, 0.3) is 0 Å². The van der Waals surface area contributed by atoms with E-state index in [1.807, 2.05) is 0 Å². The Morgan fingerprint density at radius 1 is 1.43 bits per heavy atom. The molecule has 114 valence electrons. The highest BCUT2D eigenvalue weighted by atomic mass is 19.4. The molecule has 0 spiro atoms. The second kappa shape index (κ2) is 5.72. The predicted molar refractivity (Wildman–Crippen MR) is 68.3 cm³/mol. The molecule has 0 bridgehead atoms. The van der Waals surface area contributed by atoms with Crippen molar-refractivity contribution in [2.75, 3.05) is 13.2 Å². The average Bonchev–Trinajstić information content (AvgIpc) is 2.68. The molecule has 0 radical (unpaired) electrons. The van der Waals surface area contributed by atoms with Crippen LogP contribution in [0.2, 0.25) is 0 Å². The number of rotatable bonds is 5. The number of ether oxygens (including phenoxy) is 1. The SMILES string of the molecule is Cc1nc2ccc(C(=O)O)cc2n1CCOCC(F)(F)F. The summed E-state index contributed by atoms with van der Waals surface area (Å²) in [6.07, 6.45) is -4.36. The molecule has 21 heavy (non-hydrogen) atoms. The Morgan fingerprint density at radius 2 is 2.14 bits per heavy atom. The van der Waals surface area contributed by atoms with Crippen molar-refractivity contribution in [3.63, 3.8) is 0 Å². The number of fused-ring (bicyclic) bond motifs is 1. The van der Waals surface area contributed by atoms with Crippen molar-refractivity contribution in [3.05, 3.63) is 29.6 Å². The van der Waals surface area contributed by atoms with E-state index in [2.05, 4.69) is 9.72 Å². The van der Waals surface area contributed by atoms with E-state index >= 15 is 0 Å². The molecule has 1 aromatic heterocycles. The molecule has 0 aliphatic rings. The van der Waals surface area contributed by atoms with Gasteiger partial charge in [-0.05, 0) is 25.1 Å². The maximum Gasteiger partial charge on any atom is 0.411 e. The molecule has 2 rings (SSSR count). The highest BCUT2D eigenvalue weighted by Gasteiger charge is 2.27. The van der Waals surface area contributed by atoms with Gasteiger partial charge < -0.3 is 14.4 Å². The van der Waals surface area contributed by atoms with Gasteiger partial charge in [-0.15, -0.1) is 0 Å². The molecule has 0 saturated heterocycles. The molecule has 1 aromatic carbocycles. The Kier molecular flexibility index (Phi) is 4.17. The number of aromatic carboxylic acids is 1. The lowest BCUT2D eigenvalue weighted by Crippen LogP contribution is -2.19. The number of hydrogen-bond donors (Lipinski definition) is 1. The third-order valence-electron chi connectivity index (χ3n) is 2.91. The first kappa shape index (κ1) is 15.3. The minimum Gasteiger partial charge on any atom is -0.478 e. The van der Waals surface area contributed by atoms with Crippen molar-refractivity contribution in [3.8, 4) is 0 Å². The molecule has 0 unspecified atom stereocenters. The molecule has 2 aromatic rings. The van der Waals surface area contributed by atoms with Crippen molar-refractivity contribution in [1.82, 2.24) is 9.55 Å². The van der Waals surface area contributed by atoms with Gasteiger partial charge in [-0.2, -0.15) is 13.2 Å². The molecule has 8 heteroatoms. The summed E-state index contributed by atoms with van der Waals surface area (Å²) in [4.78, 5) is 15.2. The van der Waals surface area contributed by atoms with Crippen LogP contribution in [-0.2, 0) is 11.3 Å². The monoisotopic (exact) mass is 302 g/mol. The minimum absolute atomic E-state index is 0.0971. The molecule has 0 saturated carbocycles. The maximum absolute atomic E-state index is 12.0. The van der Waals surface area contributed by atoms with Crippen LogP contribution in [0.4, 0.5) is 13.2 Å². The van der Waals surface area contributed by atoms with Crippen LogP contribution in [0.5, 0.6) is 0 Å². The van der Waals surface area contributed by atoms with Crippen molar-refractivity contribution in [2.45, 2.75) is 19.6 Å². The van der Waals surface area contributed by atoms with Gasteiger partial charge in [0.1, 0.15) is 12.4 Å². The van der Waals surface area contributed by atoms with Crippen LogP contribution in [-0.4, -0.2) is 40.0 Å². The van der Waals surface area contributed by atoms with Crippen LogP contribution < -0.4 is 0 Å². The zero-order valence-electron chi connectivity index (χ0n) is 11.1. The van der Waals surface area contributed by atoms with Gasteiger partial charge in [0, 0.05) is 6.54 Å². The van der Waals surface area contributed by atoms with Gasteiger partial charge >= 0.3 is 12.1 Å². The van der Waals surface area contributed by atoms with Crippen LogP contribution in [0, 0.1) is 6.92 Å². The lowest BCUT2D eigenvalue weighted by molar-refractivity contribution is -0.174. The number of carboxylic acid groups (broad SMARTS) is 1. The molecular formula is C13H13F3N2O3. The second-order valence-corrected chi connectivity index (χ2v) is 4.49. The summed E-state index contributed by atoms with van der Waals surface area (Å²) in [6, 6.07) is 4.45. The van der Waals surface area contributed by atoms with Gasteiger partial charge in [0.05, 0.1) is 23.2 Å². The summed E-state index contributed by atoms with van der Waals surface area (Å²) in [6.45, 7) is 0.424. The van der Waals surface area contributed by atoms with E-state index in [1.165, 1.54) is 12.1 Å². The van der Waals surface area contributed by atoms with Crippen molar-refractivity contribution < 1.29 is 27.8 Å². The number of hydrogen-bond acceptors (Lipinski definition) is 3. The average molecular weight is 302 g/mol. The molecule has 1 N–H and O–H groups in total. The summed E-state index contributed by atoms with van der Waals surface area (Å²) in [5, 5.41) is 8.97. The molecular weight excluding hydrogens is 289 g/mol. The van der Waals surface area contributed by atoms with Gasteiger partial charge in [0.15, 0.2) is 0 Å². The minimum atomic E-state index is -4.36. The molecule has 0 aliphatic heterocycles. The Morgan fingerprint density at radius 3 is 2.76 bits per heavy atom. The zero-order chi connectivity index (χ0) is 15.6. The number of aromatic nitrogens is 2. The molecule has 0 fully saturated rings. The van der Waals surface area contributed by atoms with Crippen LogP contribution in [0.3, 0.4) is 0 Å². The number of nitrogens with zero attached hydrogens (tertiary/aromatic N) is 2. The lowest BCUT2D eigenvalue weighted by atomic mass is 10.2. The number of halogens is 3. The van der Waals surface area contributed by atoms with E-state index in [1.54, 1.807) is 17.6 Å². The van der Waals surface area contributed by atoms with Crippen LogP contribution >= 0.6 is 0 Å². The highest BCUT2D eigenvalue weighted by molar-refractivity contribution is 5.92. The number of benzene rings is 1. The highest BCUT2D eigenvalue weighted by Crippen LogP contribution is 2.18. The molecule has 1 heterocycles. The number of carbonyl (C=O) groups is 1. The Bertz CT molecular complexity index is 664. The van der Waals surface area contributed by atoms with Gasteiger partial charge in [-0.1, -0.05) is 0 Å². The van der Waals surface area contributed by atoms with Crippen LogP contribution in [0.25, 0.3) is 11.0 Å². The summed E-state index contributed by atoms with van der Waals surface area (Å²) in [7, 11) is 0. The van der Waals surface area contributed by atoms with Crippen molar-refractivity contribution in [2.24, 2.45) is 0 Å². The van der Waals surface area contributed by atoms with E-state index < -0.39 is 18.8 Å². The van der Waals surface area contributed by atoms with Gasteiger partial charge in [-0.3, -0.25) is 0 Å². The van der Waals surface area contributed by atoms with E-state index in [0.29, 0.717) is 16.9 Å². The molecule has 0 aliphatic carbocycles.